The van der Waals surface area contributed by atoms with Crippen LogP contribution in [0.4, 0.5) is 0 Å². The molecule has 0 aliphatic rings. The van der Waals surface area contributed by atoms with Crippen molar-refractivity contribution in [2.24, 2.45) is 0 Å². The minimum atomic E-state index is 0.161. The molecule has 0 aromatic heterocycles. The minimum Gasteiger partial charge on any atom is -0.0918 e. The lowest BCUT2D eigenvalue weighted by Gasteiger charge is -2.31. The lowest BCUT2D eigenvalue weighted by Crippen LogP contribution is -2.30. The molecular formula is C18H27Br2Cl. The van der Waals surface area contributed by atoms with E-state index in [1.807, 2.05) is 6.07 Å². The summed E-state index contributed by atoms with van der Waals surface area (Å²) in [4.78, 5) is 0. The molecule has 0 fully saturated rings. The fourth-order valence-electron chi connectivity index (χ4n) is 2.71. The van der Waals surface area contributed by atoms with Crippen LogP contribution in [0.3, 0.4) is 0 Å². The van der Waals surface area contributed by atoms with E-state index in [1.54, 1.807) is 0 Å². The van der Waals surface area contributed by atoms with Gasteiger partial charge in [-0.1, -0.05) is 107 Å². The molecule has 0 nitrogen and oxygen atoms in total. The fourth-order valence-corrected chi connectivity index (χ4v) is 5.03. The van der Waals surface area contributed by atoms with Crippen LogP contribution in [0.15, 0.2) is 24.3 Å². The Hall–Kier alpha value is 0.470. The molecule has 0 atom stereocenters. The number of unbranched alkanes of at least 4 members (excludes halogenated alkanes) is 6. The molecule has 0 spiro atoms. The Bertz CT molecular complexity index is 389. The van der Waals surface area contributed by atoms with Gasteiger partial charge < -0.3 is 0 Å². The van der Waals surface area contributed by atoms with Gasteiger partial charge in [0.25, 0.3) is 0 Å². The molecule has 21 heavy (non-hydrogen) atoms. The van der Waals surface area contributed by atoms with Crippen LogP contribution >= 0.6 is 43.5 Å². The third-order valence-corrected chi connectivity index (χ3v) is 6.59. The van der Waals surface area contributed by atoms with Crippen LogP contribution in [0.1, 0.15) is 63.9 Å². The zero-order valence-electron chi connectivity index (χ0n) is 13.0. The van der Waals surface area contributed by atoms with Crippen molar-refractivity contribution in [1.29, 1.82) is 0 Å². The third-order valence-electron chi connectivity index (χ3n) is 4.21. The van der Waals surface area contributed by atoms with E-state index in [2.05, 4.69) is 57.0 Å². The van der Waals surface area contributed by atoms with Crippen molar-refractivity contribution in [1.82, 2.24) is 0 Å². The molecule has 120 valence electrons. The molecule has 0 heterocycles. The average Bonchev–Trinajstić information content (AvgIpc) is 2.51. The Morgan fingerprint density at radius 2 is 1.57 bits per heavy atom. The summed E-state index contributed by atoms with van der Waals surface area (Å²) in [6.45, 7) is 2.27. The molecule has 0 aliphatic carbocycles. The molecule has 0 saturated heterocycles. The van der Waals surface area contributed by atoms with Crippen LogP contribution in [-0.2, 0) is 5.41 Å². The van der Waals surface area contributed by atoms with Crippen LogP contribution in [0, 0.1) is 0 Å². The normalized spacial score (nSPS) is 11.8. The molecule has 1 rings (SSSR count). The van der Waals surface area contributed by atoms with Crippen molar-refractivity contribution in [2.45, 2.75) is 63.7 Å². The van der Waals surface area contributed by atoms with E-state index < -0.39 is 0 Å². The number of alkyl halides is 2. The van der Waals surface area contributed by atoms with Gasteiger partial charge in [-0.05, 0) is 24.1 Å². The van der Waals surface area contributed by atoms with Crippen LogP contribution < -0.4 is 0 Å². The van der Waals surface area contributed by atoms with Crippen LogP contribution in [0.2, 0.25) is 5.02 Å². The van der Waals surface area contributed by atoms with Gasteiger partial charge in [0.2, 0.25) is 0 Å². The van der Waals surface area contributed by atoms with E-state index in [0.717, 1.165) is 15.7 Å². The topological polar surface area (TPSA) is 0 Å². The summed E-state index contributed by atoms with van der Waals surface area (Å²) in [5.74, 6) is 0. The van der Waals surface area contributed by atoms with Gasteiger partial charge in [-0.3, -0.25) is 0 Å². The van der Waals surface area contributed by atoms with Crippen molar-refractivity contribution in [3.8, 4) is 0 Å². The molecule has 3 heteroatoms. The molecule has 0 amide bonds. The Balaban J connectivity index is 2.49. The van der Waals surface area contributed by atoms with E-state index in [1.165, 1.54) is 56.9 Å². The number of rotatable bonds is 11. The summed E-state index contributed by atoms with van der Waals surface area (Å²) in [6, 6.07) is 8.33. The van der Waals surface area contributed by atoms with Gasteiger partial charge in [0.05, 0.1) is 0 Å². The fraction of sp³-hybridized carbons (Fsp3) is 0.667. The number of hydrogen-bond donors (Lipinski definition) is 0. The maximum atomic E-state index is 6.17. The Morgan fingerprint density at radius 1 is 0.952 bits per heavy atom. The lowest BCUT2D eigenvalue weighted by molar-refractivity contribution is 0.460. The summed E-state index contributed by atoms with van der Waals surface area (Å²) in [5, 5.41) is 2.78. The smallest absolute Gasteiger partial charge is 0.0408 e. The van der Waals surface area contributed by atoms with Crippen LogP contribution in [0.25, 0.3) is 0 Å². The Kier molecular flexibility index (Phi) is 10.3. The highest BCUT2D eigenvalue weighted by atomic mass is 79.9. The van der Waals surface area contributed by atoms with E-state index in [4.69, 9.17) is 11.6 Å². The summed E-state index contributed by atoms with van der Waals surface area (Å²) in [5.41, 5.74) is 1.50. The molecule has 1 aromatic carbocycles. The summed E-state index contributed by atoms with van der Waals surface area (Å²) in [7, 11) is 0. The first-order valence-corrected chi connectivity index (χ1v) is 10.7. The largest absolute Gasteiger partial charge is 0.0918 e. The minimum absolute atomic E-state index is 0.161. The van der Waals surface area contributed by atoms with Gasteiger partial charge >= 0.3 is 0 Å². The van der Waals surface area contributed by atoms with Crippen molar-refractivity contribution in [3.63, 3.8) is 0 Å². The average molecular weight is 439 g/mol. The summed E-state index contributed by atoms with van der Waals surface area (Å²) in [6.07, 6.45) is 10.7. The maximum Gasteiger partial charge on any atom is 0.0408 e. The molecular weight excluding hydrogens is 411 g/mol. The van der Waals surface area contributed by atoms with E-state index in [9.17, 15) is 0 Å². The zero-order chi connectivity index (χ0) is 15.6. The van der Waals surface area contributed by atoms with Gasteiger partial charge in [0.1, 0.15) is 0 Å². The van der Waals surface area contributed by atoms with Gasteiger partial charge in [-0.25, -0.2) is 0 Å². The van der Waals surface area contributed by atoms with Gasteiger partial charge in [-0.15, -0.1) is 0 Å². The third kappa shape index (κ3) is 6.62. The van der Waals surface area contributed by atoms with Crippen LogP contribution in [0.5, 0.6) is 0 Å². The highest BCUT2D eigenvalue weighted by Crippen LogP contribution is 2.35. The molecule has 0 unspecified atom stereocenters. The molecule has 0 N–H and O–H groups in total. The first-order chi connectivity index (χ1) is 10.2. The first kappa shape index (κ1) is 19.5. The van der Waals surface area contributed by atoms with Crippen molar-refractivity contribution in [3.05, 3.63) is 34.9 Å². The van der Waals surface area contributed by atoms with E-state index in [-0.39, 0.29) is 5.41 Å². The Morgan fingerprint density at radius 3 is 2.14 bits per heavy atom. The predicted octanol–water partition coefficient (Wildman–Crippen LogP) is 7.51. The summed E-state index contributed by atoms with van der Waals surface area (Å²) < 4.78 is 0. The number of hydrogen-bond acceptors (Lipinski definition) is 0. The molecule has 0 aliphatic heterocycles. The number of benzene rings is 1. The van der Waals surface area contributed by atoms with Crippen molar-refractivity contribution < 1.29 is 0 Å². The van der Waals surface area contributed by atoms with Crippen LogP contribution in [-0.4, -0.2) is 10.7 Å². The second-order valence-corrected chi connectivity index (χ2v) is 7.49. The van der Waals surface area contributed by atoms with Gasteiger partial charge in [0, 0.05) is 21.1 Å². The molecule has 0 saturated carbocycles. The zero-order valence-corrected chi connectivity index (χ0v) is 16.9. The second-order valence-electron chi connectivity index (χ2n) is 5.93. The quantitative estimate of drug-likeness (QED) is 0.248. The first-order valence-electron chi connectivity index (χ1n) is 8.06. The molecule has 0 radical (unpaired) electrons. The Labute approximate surface area is 152 Å². The number of halogens is 3. The van der Waals surface area contributed by atoms with Crippen molar-refractivity contribution in [2.75, 3.05) is 10.7 Å². The molecule has 1 aromatic rings. The van der Waals surface area contributed by atoms with Gasteiger partial charge in [-0.2, -0.15) is 0 Å². The standard InChI is InChI=1S/C18H27Br2Cl/c1-2-3-4-5-6-7-8-12-18(14-19,15-20)16-10-9-11-17(21)13-16/h9-11,13H,2-8,12,14-15H2,1H3. The maximum absolute atomic E-state index is 6.17. The van der Waals surface area contributed by atoms with Crippen molar-refractivity contribution >= 4 is 43.5 Å². The summed E-state index contributed by atoms with van der Waals surface area (Å²) >= 11 is 13.6. The SMILES string of the molecule is CCCCCCCCCC(CBr)(CBr)c1cccc(Cl)c1. The van der Waals surface area contributed by atoms with Gasteiger partial charge in [0.15, 0.2) is 0 Å². The van der Waals surface area contributed by atoms with E-state index >= 15 is 0 Å². The monoisotopic (exact) mass is 436 g/mol. The second kappa shape index (κ2) is 11.1. The highest BCUT2D eigenvalue weighted by Gasteiger charge is 2.29. The molecule has 0 bridgehead atoms. The predicted molar refractivity (Wildman–Crippen MR) is 103 cm³/mol. The lowest BCUT2D eigenvalue weighted by atomic mass is 9.80. The van der Waals surface area contributed by atoms with E-state index in [0.29, 0.717) is 0 Å². The highest BCUT2D eigenvalue weighted by molar-refractivity contribution is 9.09.